The van der Waals surface area contributed by atoms with E-state index in [-0.39, 0.29) is 34.5 Å². The molecule has 0 spiro atoms. The fourth-order valence-electron chi connectivity index (χ4n) is 6.11. The molecular formula is C36H41ClFN7O3. The van der Waals surface area contributed by atoms with Crippen molar-refractivity contribution in [1.82, 2.24) is 14.9 Å². The first-order valence-electron chi connectivity index (χ1n) is 16.1. The molecule has 0 radical (unpaired) electrons. The Hall–Kier alpha value is -4.61. The van der Waals surface area contributed by atoms with Crippen LogP contribution in [0.2, 0.25) is 5.28 Å². The number of nitrogens with zero attached hydrogens (tertiary/aromatic N) is 6. The van der Waals surface area contributed by atoms with Crippen molar-refractivity contribution < 1.29 is 19.3 Å². The van der Waals surface area contributed by atoms with Gasteiger partial charge in [-0.3, -0.25) is 14.8 Å². The Balaban J connectivity index is 1.77. The molecule has 252 valence electrons. The van der Waals surface area contributed by atoms with Crippen molar-refractivity contribution in [3.05, 3.63) is 75.6 Å². The third kappa shape index (κ3) is 6.84. The summed E-state index contributed by atoms with van der Waals surface area (Å²) in [5, 5.41) is 11.2. The smallest absolute Gasteiger partial charge is 0.269 e. The molecule has 1 atom stereocenters. The second-order valence-electron chi connectivity index (χ2n) is 12.1. The number of allylic oxidation sites excluding steroid dienone is 3. The first kappa shape index (κ1) is 34.7. The Morgan fingerprint density at radius 1 is 1.27 bits per heavy atom. The number of aliphatic imine (C=N–C) groups is 2. The fraction of sp³-hybridized carbons (Fsp3) is 0.361. The van der Waals surface area contributed by atoms with Crippen LogP contribution in [-0.2, 0) is 11.2 Å². The Bertz CT molecular complexity index is 1920. The maximum Gasteiger partial charge on any atom is 0.269 e. The van der Waals surface area contributed by atoms with Crippen LogP contribution in [0, 0.1) is 5.82 Å². The largest absolute Gasteiger partial charge is 0.394 e. The number of fused-ring (bicyclic) bond motifs is 2. The fourth-order valence-corrected chi connectivity index (χ4v) is 6.29. The minimum Gasteiger partial charge on any atom is -0.394 e. The van der Waals surface area contributed by atoms with Crippen LogP contribution in [0.4, 0.5) is 10.2 Å². The lowest BCUT2D eigenvalue weighted by Gasteiger charge is -2.30. The van der Waals surface area contributed by atoms with Gasteiger partial charge in [0.25, 0.3) is 5.91 Å². The minimum atomic E-state index is -0.319. The number of aryl methyl sites for hydroxylation is 1. The summed E-state index contributed by atoms with van der Waals surface area (Å²) in [4.78, 5) is 40.1. The van der Waals surface area contributed by atoms with Crippen LogP contribution in [0.5, 0.6) is 5.75 Å². The molecule has 3 aromatic rings. The van der Waals surface area contributed by atoms with Crippen LogP contribution in [0.15, 0.2) is 52.1 Å². The Morgan fingerprint density at radius 2 is 2.04 bits per heavy atom. The first-order chi connectivity index (χ1) is 23.0. The average Bonchev–Trinajstić information content (AvgIpc) is 3.32. The summed E-state index contributed by atoms with van der Waals surface area (Å²) in [5.74, 6) is 0.190. The van der Waals surface area contributed by atoms with Crippen molar-refractivity contribution >= 4 is 62.7 Å². The average molecular weight is 674 g/mol. The zero-order chi connectivity index (χ0) is 34.7. The SMILES string of the molecule is C/C=C1\C(=NC(C)CC)C(c2cc(OO)cc3ccc(F)c(CC)c23)=Cc2nc(Cl)nc(N3CCCN=C(/C=C(\N)C(=O)N(C)C)C3)c21. The highest BCUT2D eigenvalue weighted by Crippen LogP contribution is 2.44. The summed E-state index contributed by atoms with van der Waals surface area (Å²) in [5.41, 5.74) is 11.5. The molecule has 1 unspecified atom stereocenters. The molecule has 10 nitrogen and oxygen atoms in total. The molecule has 0 fully saturated rings. The lowest BCUT2D eigenvalue weighted by molar-refractivity contribution is -0.137. The predicted octanol–water partition coefficient (Wildman–Crippen LogP) is 6.62. The van der Waals surface area contributed by atoms with Gasteiger partial charge in [-0.25, -0.2) is 14.6 Å². The summed E-state index contributed by atoms with van der Waals surface area (Å²) < 4.78 is 15.3. The minimum absolute atomic E-state index is 0.0512. The molecule has 0 bridgehead atoms. The van der Waals surface area contributed by atoms with Gasteiger partial charge in [0.2, 0.25) is 5.28 Å². The van der Waals surface area contributed by atoms with Crippen LogP contribution < -0.4 is 15.5 Å². The number of hydrogen-bond donors (Lipinski definition) is 2. The lowest BCUT2D eigenvalue weighted by Crippen LogP contribution is -2.33. The highest BCUT2D eigenvalue weighted by atomic mass is 35.5. The number of hydrogen-bond acceptors (Lipinski definition) is 9. The molecule has 1 aromatic heterocycles. The number of carbonyl (C=O) groups excluding carboxylic acids is 1. The van der Waals surface area contributed by atoms with Gasteiger partial charge >= 0.3 is 0 Å². The van der Waals surface area contributed by atoms with Crippen LogP contribution in [0.1, 0.15) is 62.9 Å². The number of benzene rings is 2. The topological polar surface area (TPSA) is 130 Å². The maximum atomic E-state index is 15.3. The lowest BCUT2D eigenvalue weighted by atomic mass is 9.82. The van der Waals surface area contributed by atoms with Crippen LogP contribution in [-0.4, -0.2) is 77.2 Å². The van der Waals surface area contributed by atoms with E-state index in [0.717, 1.165) is 24.0 Å². The summed E-state index contributed by atoms with van der Waals surface area (Å²) in [6.07, 6.45) is 7.47. The standard InChI is InChI=1S/C36H41ClFN7O3/c1-7-20(4)41-33-25(9-3)32-30(18-27(33)26-17-23(48-47)15-21-11-12-28(38)24(8-2)31(21)26)42-36(37)43-34(32)45-14-10-13-40-22(19-45)16-29(39)35(46)44(5)6/h9,11-12,15-18,20,47H,7-8,10,13-14,19,39H2,1-6H3/b25-9-,29-16-,41-33?. The predicted molar refractivity (Wildman–Crippen MR) is 192 cm³/mol. The molecule has 2 aliphatic rings. The monoisotopic (exact) mass is 673 g/mol. The third-order valence-electron chi connectivity index (χ3n) is 8.60. The quantitative estimate of drug-likeness (QED) is 0.119. The molecule has 48 heavy (non-hydrogen) atoms. The normalized spacial score (nSPS) is 17.6. The van der Waals surface area contributed by atoms with E-state index in [1.54, 1.807) is 38.4 Å². The van der Waals surface area contributed by atoms with E-state index in [1.165, 1.54) is 11.0 Å². The van der Waals surface area contributed by atoms with E-state index in [2.05, 4.69) is 16.8 Å². The van der Waals surface area contributed by atoms with Crippen molar-refractivity contribution in [1.29, 1.82) is 0 Å². The first-order valence-corrected chi connectivity index (χ1v) is 16.5. The molecule has 5 rings (SSSR count). The highest BCUT2D eigenvalue weighted by Gasteiger charge is 2.32. The number of carbonyl (C=O) groups is 1. The van der Waals surface area contributed by atoms with E-state index in [0.29, 0.717) is 76.5 Å². The number of nitrogens with two attached hydrogens (primary N) is 1. The van der Waals surface area contributed by atoms with Crippen molar-refractivity contribution in [2.75, 3.05) is 38.6 Å². The molecule has 2 heterocycles. The summed E-state index contributed by atoms with van der Waals surface area (Å²) in [6.45, 7) is 9.46. The summed E-state index contributed by atoms with van der Waals surface area (Å²) in [6, 6.07) is 6.43. The molecular weight excluding hydrogens is 633 g/mol. The highest BCUT2D eigenvalue weighted by molar-refractivity contribution is 6.50. The molecule has 0 saturated heterocycles. The van der Waals surface area contributed by atoms with Crippen molar-refractivity contribution in [3.8, 4) is 5.75 Å². The van der Waals surface area contributed by atoms with Crippen LogP contribution in [0.25, 0.3) is 28.0 Å². The number of halogens is 2. The second-order valence-corrected chi connectivity index (χ2v) is 12.4. The summed E-state index contributed by atoms with van der Waals surface area (Å²) in [7, 11) is 3.29. The van der Waals surface area contributed by atoms with Crippen molar-refractivity contribution in [2.45, 2.75) is 53.0 Å². The number of likely N-dealkylation sites (N-methyl/N-ethyl adjacent to an activating group) is 1. The van der Waals surface area contributed by atoms with E-state index in [1.807, 2.05) is 32.9 Å². The van der Waals surface area contributed by atoms with E-state index < -0.39 is 0 Å². The molecule has 1 amide bonds. The molecule has 1 aliphatic carbocycles. The molecule has 1 aliphatic heterocycles. The molecule has 12 heteroatoms. The Morgan fingerprint density at radius 3 is 2.71 bits per heavy atom. The van der Waals surface area contributed by atoms with Gasteiger partial charge in [-0.05, 0) is 97.0 Å². The van der Waals surface area contributed by atoms with Gasteiger partial charge in [0.05, 0.1) is 34.9 Å². The van der Waals surface area contributed by atoms with Gasteiger partial charge in [0.1, 0.15) is 11.6 Å². The summed E-state index contributed by atoms with van der Waals surface area (Å²) >= 11 is 6.64. The van der Waals surface area contributed by atoms with Crippen LogP contribution >= 0.6 is 11.6 Å². The molecule has 0 saturated carbocycles. The van der Waals surface area contributed by atoms with Gasteiger partial charge < -0.3 is 20.4 Å². The van der Waals surface area contributed by atoms with Gasteiger partial charge in [-0.1, -0.05) is 26.0 Å². The van der Waals surface area contributed by atoms with E-state index in [9.17, 15) is 10.1 Å². The van der Waals surface area contributed by atoms with E-state index in [4.69, 9.17) is 37.2 Å². The third-order valence-corrected chi connectivity index (χ3v) is 8.77. The van der Waals surface area contributed by atoms with Gasteiger partial charge in [0, 0.05) is 44.4 Å². The number of aromatic nitrogens is 2. The zero-order valence-electron chi connectivity index (χ0n) is 28.1. The van der Waals surface area contributed by atoms with Crippen molar-refractivity contribution in [3.63, 3.8) is 0 Å². The molecule has 3 N–H and O–H groups in total. The van der Waals surface area contributed by atoms with Gasteiger partial charge in [0.15, 0.2) is 5.75 Å². The molecule has 2 aromatic carbocycles. The van der Waals surface area contributed by atoms with Gasteiger partial charge in [-0.2, -0.15) is 4.98 Å². The Kier molecular flexibility index (Phi) is 10.6. The van der Waals surface area contributed by atoms with Crippen LogP contribution in [0.3, 0.4) is 0 Å². The Labute approximate surface area is 285 Å². The van der Waals surface area contributed by atoms with Gasteiger partial charge in [-0.15, -0.1) is 0 Å². The number of rotatable bonds is 8. The van der Waals surface area contributed by atoms with E-state index >= 15 is 4.39 Å². The zero-order valence-corrected chi connectivity index (χ0v) is 28.9. The van der Waals surface area contributed by atoms with Crippen molar-refractivity contribution in [2.24, 2.45) is 15.7 Å². The maximum absolute atomic E-state index is 15.3. The number of amides is 1. The number of anilines is 1. The second kappa shape index (κ2) is 14.7.